The number of carbonyl (C=O) groups excluding carboxylic acids is 1. The molecule has 0 saturated heterocycles. The number of nitrogens with zero attached hydrogens (tertiary/aromatic N) is 2. The summed E-state index contributed by atoms with van der Waals surface area (Å²) < 4.78 is 103. The molecule has 6 rings (SSSR count). The summed E-state index contributed by atoms with van der Waals surface area (Å²) in [7, 11) is -4.86. The van der Waals surface area contributed by atoms with Crippen molar-refractivity contribution in [1.82, 2.24) is 4.98 Å². The normalized spacial score (nSPS) is 14.6. The molecule has 1 N–H and O–H groups in total. The summed E-state index contributed by atoms with van der Waals surface area (Å²) in [5.74, 6) is -5.68. The second-order valence-corrected chi connectivity index (χ2v) is 13.7. The fourth-order valence-electron chi connectivity index (χ4n) is 5.52. The quantitative estimate of drug-likeness (QED) is 0.116. The first-order chi connectivity index (χ1) is 22.7. The number of fused-ring (bicyclic) bond motifs is 1. The number of anilines is 1. The molecule has 1 atom stereocenters. The molecular weight excluding hydrogens is 675 g/mol. The van der Waals surface area contributed by atoms with E-state index in [-0.39, 0.29) is 32.5 Å². The number of aliphatic hydroxyl groups excluding tert-OH is 1. The van der Waals surface area contributed by atoms with Gasteiger partial charge in [0.1, 0.15) is 11.7 Å². The highest BCUT2D eigenvalue weighted by Gasteiger charge is 2.49. The Balaban J connectivity index is 1.44. The fraction of sp³-hybridized carbons (Fsp3) is 0.200. The number of ketones is 1. The zero-order valence-electron chi connectivity index (χ0n) is 24.8. The standard InChI is InChI=1S/C35H26ClF5N2O4S/c36-29-18-21(10-17-28(29)34(37,38)25-13-14-25)20-43(33-30(35(39,40)41)27-9-5-4-8-24(27)19-42-33)48(46,47)26-15-11-23(12-16-26)32(45)31(44)22-6-2-1-3-7-22/h1-12,15-19,25,32,45H,13-14,20H2. The lowest BCUT2D eigenvalue weighted by Crippen LogP contribution is -2.33. The van der Waals surface area contributed by atoms with Crippen LogP contribution in [0.2, 0.25) is 5.02 Å². The van der Waals surface area contributed by atoms with Crippen LogP contribution >= 0.6 is 11.6 Å². The van der Waals surface area contributed by atoms with Gasteiger partial charge in [0.25, 0.3) is 15.9 Å². The summed E-state index contributed by atoms with van der Waals surface area (Å²) in [6, 6.07) is 21.2. The predicted octanol–water partition coefficient (Wildman–Crippen LogP) is 8.72. The second kappa shape index (κ2) is 12.6. The van der Waals surface area contributed by atoms with Gasteiger partial charge in [-0.3, -0.25) is 4.79 Å². The summed E-state index contributed by atoms with van der Waals surface area (Å²) in [5, 5.41) is 10.1. The van der Waals surface area contributed by atoms with Gasteiger partial charge in [-0.2, -0.15) is 13.2 Å². The molecule has 5 aromatic rings. The minimum atomic E-state index is -5.06. The Morgan fingerprint density at radius 2 is 1.56 bits per heavy atom. The average Bonchev–Trinajstić information content (AvgIpc) is 3.93. The first kappa shape index (κ1) is 33.5. The first-order valence-electron chi connectivity index (χ1n) is 14.7. The van der Waals surface area contributed by atoms with E-state index in [1.165, 1.54) is 54.6 Å². The monoisotopic (exact) mass is 700 g/mol. The molecule has 1 aromatic heterocycles. The Kier molecular flexibility index (Phi) is 8.78. The lowest BCUT2D eigenvalue weighted by molar-refractivity contribution is -0.135. The number of sulfonamides is 1. The minimum Gasteiger partial charge on any atom is -0.380 e. The maximum atomic E-state index is 14.9. The molecule has 4 aromatic carbocycles. The minimum absolute atomic E-state index is 0.0301. The van der Waals surface area contributed by atoms with Crippen LogP contribution < -0.4 is 4.31 Å². The van der Waals surface area contributed by atoms with Crippen molar-refractivity contribution in [3.63, 3.8) is 0 Å². The molecule has 1 aliphatic rings. The zero-order valence-corrected chi connectivity index (χ0v) is 26.4. The fourth-order valence-corrected chi connectivity index (χ4v) is 7.26. The van der Waals surface area contributed by atoms with Crippen LogP contribution in [-0.4, -0.2) is 24.3 Å². The molecule has 48 heavy (non-hydrogen) atoms. The number of aromatic nitrogens is 1. The Morgan fingerprint density at radius 1 is 0.917 bits per heavy atom. The van der Waals surface area contributed by atoms with E-state index in [4.69, 9.17) is 11.6 Å². The van der Waals surface area contributed by atoms with E-state index in [1.807, 2.05) is 0 Å². The Hall–Kier alpha value is -4.39. The van der Waals surface area contributed by atoms with Gasteiger partial charge in [0.15, 0.2) is 11.6 Å². The zero-order chi connectivity index (χ0) is 34.4. The highest BCUT2D eigenvalue weighted by atomic mass is 35.5. The van der Waals surface area contributed by atoms with Crippen LogP contribution in [0.1, 0.15) is 51.6 Å². The molecule has 1 aliphatic carbocycles. The maximum Gasteiger partial charge on any atom is 0.420 e. The average molecular weight is 701 g/mol. The lowest BCUT2D eigenvalue weighted by atomic mass is 10.0. The molecule has 0 radical (unpaired) electrons. The van der Waals surface area contributed by atoms with E-state index in [2.05, 4.69) is 4.98 Å². The number of pyridine rings is 1. The molecule has 1 unspecified atom stereocenters. The summed E-state index contributed by atoms with van der Waals surface area (Å²) in [4.78, 5) is 16.3. The van der Waals surface area contributed by atoms with Crippen molar-refractivity contribution < 1.29 is 40.3 Å². The Labute approximate surface area is 277 Å². The van der Waals surface area contributed by atoms with Crippen LogP contribution in [0, 0.1) is 5.92 Å². The van der Waals surface area contributed by atoms with Crippen molar-refractivity contribution in [3.05, 3.63) is 136 Å². The summed E-state index contributed by atoms with van der Waals surface area (Å²) in [5.41, 5.74) is -1.47. The van der Waals surface area contributed by atoms with E-state index in [1.54, 1.807) is 18.2 Å². The number of benzene rings is 4. The molecule has 0 amide bonds. The van der Waals surface area contributed by atoms with Gasteiger partial charge in [0, 0.05) is 28.6 Å². The van der Waals surface area contributed by atoms with Gasteiger partial charge in [-0.15, -0.1) is 0 Å². The van der Waals surface area contributed by atoms with Gasteiger partial charge in [-0.25, -0.2) is 26.5 Å². The van der Waals surface area contributed by atoms with Crippen LogP contribution in [-0.2, 0) is 28.7 Å². The van der Waals surface area contributed by atoms with E-state index in [0.29, 0.717) is 17.1 Å². The molecule has 248 valence electrons. The first-order valence-corrected chi connectivity index (χ1v) is 16.5. The Morgan fingerprint density at radius 3 is 2.19 bits per heavy atom. The van der Waals surface area contributed by atoms with Crippen molar-refractivity contribution in [2.24, 2.45) is 5.92 Å². The SMILES string of the molecule is O=C(c1ccccc1)C(O)c1ccc(S(=O)(=O)N(Cc2ccc(C(F)(F)C3CC3)c(Cl)c2)c2ncc3ccccc3c2C(F)(F)F)cc1. The second-order valence-electron chi connectivity index (χ2n) is 11.5. The van der Waals surface area contributed by atoms with Gasteiger partial charge < -0.3 is 5.11 Å². The number of halogens is 6. The maximum absolute atomic E-state index is 14.9. The van der Waals surface area contributed by atoms with Gasteiger partial charge in [-0.1, -0.05) is 90.5 Å². The van der Waals surface area contributed by atoms with E-state index >= 15 is 0 Å². The summed E-state index contributed by atoms with van der Waals surface area (Å²) >= 11 is 6.25. The molecule has 6 nitrogen and oxygen atoms in total. The van der Waals surface area contributed by atoms with Crippen LogP contribution in [0.15, 0.2) is 108 Å². The van der Waals surface area contributed by atoms with Crippen molar-refractivity contribution in [2.45, 2.75) is 42.5 Å². The third-order valence-electron chi connectivity index (χ3n) is 8.20. The number of hydrogen-bond acceptors (Lipinski definition) is 5. The van der Waals surface area contributed by atoms with Gasteiger partial charge in [0.05, 0.1) is 16.5 Å². The third-order valence-corrected chi connectivity index (χ3v) is 10.3. The molecule has 0 spiro atoms. The number of Topliss-reactive ketones (excluding diaryl/α,β-unsaturated/α-hetero) is 1. The van der Waals surface area contributed by atoms with Gasteiger partial charge in [-0.05, 0) is 47.6 Å². The molecule has 0 aliphatic heterocycles. The van der Waals surface area contributed by atoms with Crippen LogP contribution in [0.3, 0.4) is 0 Å². The molecule has 1 heterocycles. The molecule has 13 heteroatoms. The third kappa shape index (κ3) is 6.39. The van der Waals surface area contributed by atoms with Crippen LogP contribution in [0.5, 0.6) is 0 Å². The lowest BCUT2D eigenvalue weighted by Gasteiger charge is -2.27. The molecule has 1 fully saturated rings. The Bertz CT molecular complexity index is 2110. The molecule has 1 saturated carbocycles. The highest BCUT2D eigenvalue weighted by Crippen LogP contribution is 2.51. The highest BCUT2D eigenvalue weighted by molar-refractivity contribution is 7.92. The number of rotatable bonds is 10. The van der Waals surface area contributed by atoms with E-state index < -0.39 is 68.3 Å². The largest absolute Gasteiger partial charge is 0.420 e. The predicted molar refractivity (Wildman–Crippen MR) is 170 cm³/mol. The number of alkyl halides is 5. The van der Waals surface area contributed by atoms with Crippen molar-refractivity contribution in [1.29, 1.82) is 0 Å². The van der Waals surface area contributed by atoms with Crippen LogP contribution in [0.4, 0.5) is 27.8 Å². The van der Waals surface area contributed by atoms with E-state index in [9.17, 15) is 40.3 Å². The number of carbonyl (C=O) groups is 1. The smallest absolute Gasteiger partial charge is 0.380 e. The molecule has 0 bridgehead atoms. The van der Waals surface area contributed by atoms with E-state index in [0.717, 1.165) is 30.5 Å². The topological polar surface area (TPSA) is 87.6 Å². The van der Waals surface area contributed by atoms with Crippen molar-refractivity contribution in [3.8, 4) is 0 Å². The molecular formula is C35H26ClF5N2O4S. The van der Waals surface area contributed by atoms with Gasteiger partial charge >= 0.3 is 6.18 Å². The van der Waals surface area contributed by atoms with Crippen LogP contribution in [0.25, 0.3) is 10.8 Å². The van der Waals surface area contributed by atoms with Crippen molar-refractivity contribution >= 4 is 44.0 Å². The van der Waals surface area contributed by atoms with Gasteiger partial charge in [0.2, 0.25) is 0 Å². The number of hydrogen-bond donors (Lipinski definition) is 1. The van der Waals surface area contributed by atoms with Crippen molar-refractivity contribution in [2.75, 3.05) is 4.31 Å². The number of aliphatic hydroxyl groups is 1. The summed E-state index contributed by atoms with van der Waals surface area (Å²) in [6.07, 6.45) is -4.95. The summed E-state index contributed by atoms with van der Waals surface area (Å²) in [6.45, 7) is -0.747.